The molecule has 0 atom stereocenters. The van der Waals surface area contributed by atoms with E-state index in [4.69, 9.17) is 11.6 Å². The van der Waals surface area contributed by atoms with E-state index in [2.05, 4.69) is 5.32 Å². The summed E-state index contributed by atoms with van der Waals surface area (Å²) in [5.74, 6) is -0.588. The van der Waals surface area contributed by atoms with Gasteiger partial charge in [-0.3, -0.25) is 14.4 Å². The largest absolute Gasteiger partial charge is 0.350 e. The summed E-state index contributed by atoms with van der Waals surface area (Å²) in [6.07, 6.45) is 1.49. The van der Waals surface area contributed by atoms with Crippen LogP contribution >= 0.6 is 11.6 Å². The summed E-state index contributed by atoms with van der Waals surface area (Å²) in [4.78, 5) is 38.1. The first-order valence-corrected chi connectivity index (χ1v) is 8.95. The molecule has 1 N–H and O–H groups in total. The molecule has 144 valence electrons. The Labute approximate surface area is 163 Å². The van der Waals surface area contributed by atoms with Gasteiger partial charge in [0.15, 0.2) is 0 Å². The molecule has 2 amide bonds. The van der Waals surface area contributed by atoms with E-state index in [9.17, 15) is 14.4 Å². The molecule has 1 heterocycles. The third-order valence-corrected chi connectivity index (χ3v) is 4.14. The van der Waals surface area contributed by atoms with E-state index in [-0.39, 0.29) is 36.0 Å². The van der Waals surface area contributed by atoms with Crippen LogP contribution in [0.4, 0.5) is 0 Å². The minimum absolute atomic E-state index is 0.0697. The Morgan fingerprint density at radius 3 is 2.44 bits per heavy atom. The third kappa shape index (κ3) is 5.96. The summed E-state index contributed by atoms with van der Waals surface area (Å²) < 4.78 is 1.43. The first-order chi connectivity index (χ1) is 12.6. The average Bonchev–Trinajstić information content (AvgIpc) is 2.56. The molecule has 7 heteroatoms. The van der Waals surface area contributed by atoms with E-state index in [1.165, 1.54) is 27.8 Å². The van der Waals surface area contributed by atoms with E-state index in [0.29, 0.717) is 10.6 Å². The van der Waals surface area contributed by atoms with Crippen molar-refractivity contribution in [2.45, 2.75) is 32.9 Å². The molecule has 27 heavy (non-hydrogen) atoms. The van der Waals surface area contributed by atoms with Crippen molar-refractivity contribution in [2.24, 2.45) is 0 Å². The predicted octanol–water partition coefficient (Wildman–Crippen LogP) is 2.54. The van der Waals surface area contributed by atoms with Gasteiger partial charge in [0.25, 0.3) is 11.5 Å². The van der Waals surface area contributed by atoms with Crippen molar-refractivity contribution in [2.75, 3.05) is 13.6 Å². The molecule has 0 fully saturated rings. The third-order valence-electron chi connectivity index (χ3n) is 3.77. The lowest BCUT2D eigenvalue weighted by Crippen LogP contribution is -2.46. The van der Waals surface area contributed by atoms with Gasteiger partial charge in [0.2, 0.25) is 5.91 Å². The lowest BCUT2D eigenvalue weighted by atomic mass is 10.1. The summed E-state index contributed by atoms with van der Waals surface area (Å²) in [7, 11) is 1.55. The number of halogens is 1. The Kier molecular flexibility index (Phi) is 6.44. The molecule has 2 aromatic rings. The summed E-state index contributed by atoms with van der Waals surface area (Å²) in [5.41, 5.74) is 0.500. The van der Waals surface area contributed by atoms with Gasteiger partial charge in [-0.25, -0.2) is 0 Å². The molecule has 6 nitrogen and oxygen atoms in total. The van der Waals surface area contributed by atoms with Crippen molar-refractivity contribution < 1.29 is 9.59 Å². The van der Waals surface area contributed by atoms with Crippen molar-refractivity contribution >= 4 is 23.4 Å². The van der Waals surface area contributed by atoms with Gasteiger partial charge in [0, 0.05) is 29.9 Å². The number of pyridine rings is 1. The van der Waals surface area contributed by atoms with Crippen LogP contribution in [0, 0.1) is 0 Å². The fraction of sp³-hybridized carbons (Fsp3) is 0.350. The van der Waals surface area contributed by atoms with Crippen LogP contribution in [-0.2, 0) is 11.3 Å². The van der Waals surface area contributed by atoms with Gasteiger partial charge in [0.1, 0.15) is 0 Å². The Hall–Kier alpha value is -2.60. The molecule has 0 unspecified atom stereocenters. The molecule has 1 aromatic heterocycles. The maximum atomic E-state index is 12.6. The quantitative estimate of drug-likeness (QED) is 0.854. The zero-order chi connectivity index (χ0) is 20.2. The first-order valence-electron chi connectivity index (χ1n) is 8.57. The highest BCUT2D eigenvalue weighted by Gasteiger charge is 2.19. The summed E-state index contributed by atoms with van der Waals surface area (Å²) >= 11 is 6.15. The van der Waals surface area contributed by atoms with Crippen LogP contribution in [0.2, 0.25) is 5.02 Å². The predicted molar refractivity (Wildman–Crippen MR) is 106 cm³/mol. The highest BCUT2D eigenvalue weighted by molar-refractivity contribution is 6.31. The normalized spacial score (nSPS) is 11.1. The monoisotopic (exact) mass is 389 g/mol. The molecule has 0 saturated heterocycles. The maximum Gasteiger partial charge on any atom is 0.255 e. The minimum atomic E-state index is -0.372. The standard InChI is InChI=1S/C20H24ClN3O3/c1-20(2,3)22-17(25)13-23(4)19(27)15-9-10-18(26)24(12-15)11-14-7-5-6-8-16(14)21/h5-10,12H,11,13H2,1-4H3,(H,22,25). The fourth-order valence-electron chi connectivity index (χ4n) is 2.56. The van der Waals surface area contributed by atoms with Gasteiger partial charge >= 0.3 is 0 Å². The molecule has 0 spiro atoms. The Balaban J connectivity index is 2.16. The Bertz CT molecular complexity index is 900. The number of amides is 2. The highest BCUT2D eigenvalue weighted by atomic mass is 35.5. The van der Waals surface area contributed by atoms with Crippen LogP contribution in [0.15, 0.2) is 47.4 Å². The number of carbonyl (C=O) groups excluding carboxylic acids is 2. The van der Waals surface area contributed by atoms with E-state index in [0.717, 1.165) is 5.56 Å². The number of nitrogens with one attached hydrogen (secondary N) is 1. The van der Waals surface area contributed by atoms with Crippen LogP contribution in [-0.4, -0.2) is 40.4 Å². The van der Waals surface area contributed by atoms with Crippen LogP contribution in [0.25, 0.3) is 0 Å². The fourth-order valence-corrected chi connectivity index (χ4v) is 2.75. The first kappa shape index (κ1) is 20.7. The van der Waals surface area contributed by atoms with Gasteiger partial charge in [-0.2, -0.15) is 0 Å². The molecule has 0 saturated carbocycles. The summed E-state index contributed by atoms with van der Waals surface area (Å²) in [5, 5.41) is 3.37. The number of rotatable bonds is 5. The lowest BCUT2D eigenvalue weighted by molar-refractivity contribution is -0.122. The topological polar surface area (TPSA) is 71.4 Å². The number of aromatic nitrogens is 1. The number of carbonyl (C=O) groups is 2. The van der Waals surface area contributed by atoms with Crippen molar-refractivity contribution in [3.05, 3.63) is 69.1 Å². The van der Waals surface area contributed by atoms with Gasteiger partial charge < -0.3 is 14.8 Å². The van der Waals surface area contributed by atoms with Crippen molar-refractivity contribution in [1.82, 2.24) is 14.8 Å². The molecule has 0 aliphatic carbocycles. The lowest BCUT2D eigenvalue weighted by Gasteiger charge is -2.23. The van der Waals surface area contributed by atoms with E-state index < -0.39 is 0 Å². The van der Waals surface area contributed by atoms with Gasteiger partial charge in [0.05, 0.1) is 18.7 Å². The molecule has 2 rings (SSSR count). The Morgan fingerprint density at radius 2 is 1.81 bits per heavy atom. The van der Waals surface area contributed by atoms with Crippen LogP contribution in [0.5, 0.6) is 0 Å². The van der Waals surface area contributed by atoms with Crippen molar-refractivity contribution in [1.29, 1.82) is 0 Å². The number of hydrogen-bond donors (Lipinski definition) is 1. The van der Waals surface area contributed by atoms with Gasteiger partial charge in [-0.15, -0.1) is 0 Å². The van der Waals surface area contributed by atoms with Crippen LogP contribution in [0.3, 0.4) is 0 Å². The van der Waals surface area contributed by atoms with Gasteiger partial charge in [-0.1, -0.05) is 29.8 Å². The van der Waals surface area contributed by atoms with Gasteiger partial charge in [-0.05, 0) is 38.5 Å². The zero-order valence-electron chi connectivity index (χ0n) is 16.0. The minimum Gasteiger partial charge on any atom is -0.350 e. The summed E-state index contributed by atoms with van der Waals surface area (Å²) in [6, 6.07) is 10.0. The van der Waals surface area contributed by atoms with Crippen molar-refractivity contribution in [3.63, 3.8) is 0 Å². The number of likely N-dealkylation sites (N-methyl/N-ethyl adjacent to an activating group) is 1. The summed E-state index contributed by atoms with van der Waals surface area (Å²) in [6.45, 7) is 5.81. The number of benzene rings is 1. The van der Waals surface area contributed by atoms with Crippen LogP contribution in [0.1, 0.15) is 36.7 Å². The second-order valence-electron chi connectivity index (χ2n) is 7.43. The van der Waals surface area contributed by atoms with E-state index >= 15 is 0 Å². The SMILES string of the molecule is CN(CC(=O)NC(C)(C)C)C(=O)c1ccc(=O)n(Cc2ccccc2Cl)c1. The second-order valence-corrected chi connectivity index (χ2v) is 7.84. The Morgan fingerprint density at radius 1 is 1.15 bits per heavy atom. The second kappa shape index (κ2) is 8.39. The maximum absolute atomic E-state index is 12.6. The molecular formula is C20H24ClN3O3. The molecule has 0 aliphatic rings. The smallest absolute Gasteiger partial charge is 0.255 e. The van der Waals surface area contributed by atoms with Crippen LogP contribution < -0.4 is 10.9 Å². The number of nitrogens with zero attached hydrogens (tertiary/aromatic N) is 2. The van der Waals surface area contributed by atoms with E-state index in [1.807, 2.05) is 39.0 Å². The molecule has 0 bridgehead atoms. The zero-order valence-corrected chi connectivity index (χ0v) is 16.7. The van der Waals surface area contributed by atoms with E-state index in [1.54, 1.807) is 13.1 Å². The number of hydrogen-bond acceptors (Lipinski definition) is 3. The average molecular weight is 390 g/mol. The molecule has 0 radical (unpaired) electrons. The molecule has 1 aromatic carbocycles. The highest BCUT2D eigenvalue weighted by Crippen LogP contribution is 2.15. The molecule has 0 aliphatic heterocycles. The van der Waals surface area contributed by atoms with Crippen molar-refractivity contribution in [3.8, 4) is 0 Å². The molecular weight excluding hydrogens is 366 g/mol.